The number of allylic oxidation sites excluding steroid dienone is 4. The molecule has 6 atom stereocenters. The van der Waals surface area contributed by atoms with Gasteiger partial charge in [0, 0.05) is 12.3 Å². The van der Waals surface area contributed by atoms with Crippen LogP contribution in [0.4, 0.5) is 4.79 Å². The molecule has 0 radical (unpaired) electrons. The molecule has 0 aromatic heterocycles. The predicted molar refractivity (Wildman–Crippen MR) is 142 cm³/mol. The number of rotatable bonds is 5. The molecule has 0 bridgehead atoms. The molecular weight excluding hydrogens is 466 g/mol. The van der Waals surface area contributed by atoms with Crippen LogP contribution < -0.4 is 10.1 Å². The van der Waals surface area contributed by atoms with Crippen molar-refractivity contribution >= 4 is 12.1 Å². The van der Waals surface area contributed by atoms with Crippen molar-refractivity contribution in [3.05, 3.63) is 53.3 Å². The van der Waals surface area contributed by atoms with Crippen molar-refractivity contribution in [3.63, 3.8) is 0 Å². The molecule has 200 valence electrons. The minimum absolute atomic E-state index is 0.000500. The van der Waals surface area contributed by atoms with E-state index in [4.69, 9.17) is 14.6 Å². The van der Waals surface area contributed by atoms with Crippen LogP contribution >= 0.6 is 0 Å². The molecule has 6 heteroatoms. The van der Waals surface area contributed by atoms with Crippen LogP contribution in [0.5, 0.6) is 5.75 Å². The van der Waals surface area contributed by atoms with E-state index in [1.807, 2.05) is 30.3 Å². The Morgan fingerprint density at radius 2 is 1.89 bits per heavy atom. The van der Waals surface area contributed by atoms with E-state index in [0.717, 1.165) is 49.8 Å². The second kappa shape index (κ2) is 9.21. The van der Waals surface area contributed by atoms with Gasteiger partial charge in [0.1, 0.15) is 11.5 Å². The average Bonchev–Trinajstić information content (AvgIpc) is 3.21. The summed E-state index contributed by atoms with van der Waals surface area (Å²) >= 11 is 0. The van der Waals surface area contributed by atoms with Crippen molar-refractivity contribution in [3.8, 4) is 5.75 Å². The molecule has 0 spiro atoms. The Kier molecular flexibility index (Phi) is 6.44. The molecule has 6 nitrogen and oxygen atoms in total. The zero-order valence-corrected chi connectivity index (χ0v) is 22.8. The molecule has 4 aliphatic rings. The molecule has 1 amide bonds. The van der Waals surface area contributed by atoms with Crippen LogP contribution in [0.1, 0.15) is 78.2 Å². The first kappa shape index (κ1) is 25.9. The Morgan fingerprint density at radius 1 is 1.11 bits per heavy atom. The molecule has 1 aromatic carbocycles. The maximum absolute atomic E-state index is 13.8. The summed E-state index contributed by atoms with van der Waals surface area (Å²) in [4.78, 5) is 24.9. The van der Waals surface area contributed by atoms with Crippen molar-refractivity contribution in [1.29, 1.82) is 0 Å². The fraction of sp³-hybridized carbons (Fsp3) is 0.613. The van der Waals surface area contributed by atoms with Crippen molar-refractivity contribution in [2.24, 2.45) is 34.5 Å². The number of ether oxygens (including phenoxy) is 2. The van der Waals surface area contributed by atoms with E-state index >= 15 is 0 Å². The molecule has 5 rings (SSSR count). The number of nitrogens with one attached hydrogen (secondary N) is 1. The molecule has 2 N–H and O–H groups in total. The van der Waals surface area contributed by atoms with Gasteiger partial charge in [-0.2, -0.15) is 0 Å². The summed E-state index contributed by atoms with van der Waals surface area (Å²) in [5.74, 6) is 3.19. The highest BCUT2D eigenvalue weighted by molar-refractivity contribution is 5.81. The minimum Gasteiger partial charge on any atom is -0.497 e. The van der Waals surface area contributed by atoms with Crippen molar-refractivity contribution in [1.82, 2.24) is 5.32 Å². The van der Waals surface area contributed by atoms with Gasteiger partial charge in [-0.05, 0) is 110 Å². The van der Waals surface area contributed by atoms with Crippen LogP contribution in [0.15, 0.2) is 47.7 Å². The van der Waals surface area contributed by atoms with E-state index in [-0.39, 0.29) is 22.7 Å². The standard InChI is InChI=1S/C31H41NO5/c1-29(2,19-7-6-8-21(17-19)36-5)32-27(33)26-12-11-24-23-10-9-20-18-22(37-28(34)35)13-15-30(20,3)25(23)14-16-31(24,26)4/h6-9,17-18,23-26H,10-16H2,1-5H3,(H,32,33)(H,34,35)/t23-,24-,25-,26?,30-,31-/m0/s1. The normalized spacial score (nSPS) is 34.7. The number of fused-ring (bicyclic) bond motifs is 5. The number of carboxylic acid groups (broad SMARTS) is 1. The lowest BCUT2D eigenvalue weighted by Gasteiger charge is -2.57. The second-order valence-electron chi connectivity index (χ2n) is 12.7. The molecule has 2 saturated carbocycles. The average molecular weight is 508 g/mol. The molecule has 2 fully saturated rings. The van der Waals surface area contributed by atoms with Gasteiger partial charge in [0.25, 0.3) is 0 Å². The second-order valence-corrected chi connectivity index (χ2v) is 12.7. The zero-order chi connectivity index (χ0) is 26.6. The van der Waals surface area contributed by atoms with Gasteiger partial charge in [0.15, 0.2) is 0 Å². The van der Waals surface area contributed by atoms with Gasteiger partial charge in [-0.1, -0.05) is 32.1 Å². The zero-order valence-electron chi connectivity index (χ0n) is 22.8. The number of hydrogen-bond donors (Lipinski definition) is 2. The van der Waals surface area contributed by atoms with Crippen LogP contribution in [0.3, 0.4) is 0 Å². The Morgan fingerprint density at radius 3 is 2.62 bits per heavy atom. The minimum atomic E-state index is -1.23. The van der Waals surface area contributed by atoms with Gasteiger partial charge in [-0.25, -0.2) is 4.79 Å². The highest BCUT2D eigenvalue weighted by atomic mass is 16.7. The number of carbonyl (C=O) groups excluding carboxylic acids is 1. The summed E-state index contributed by atoms with van der Waals surface area (Å²) in [6, 6.07) is 7.95. The summed E-state index contributed by atoms with van der Waals surface area (Å²) in [7, 11) is 1.66. The summed E-state index contributed by atoms with van der Waals surface area (Å²) < 4.78 is 10.4. The predicted octanol–water partition coefficient (Wildman–Crippen LogP) is 6.81. The van der Waals surface area contributed by atoms with Crippen LogP contribution in [0.2, 0.25) is 0 Å². The van der Waals surface area contributed by atoms with Crippen LogP contribution in [0.25, 0.3) is 0 Å². The van der Waals surface area contributed by atoms with Crippen molar-refractivity contribution in [2.45, 2.75) is 78.2 Å². The van der Waals surface area contributed by atoms with Crippen LogP contribution in [0, 0.1) is 34.5 Å². The van der Waals surface area contributed by atoms with Crippen molar-refractivity contribution < 1.29 is 24.2 Å². The number of methoxy groups -OCH3 is 1. The maximum atomic E-state index is 13.8. The van der Waals surface area contributed by atoms with E-state index < -0.39 is 11.7 Å². The summed E-state index contributed by atoms with van der Waals surface area (Å²) in [5, 5.41) is 12.4. The Hall–Kier alpha value is -2.76. The van der Waals surface area contributed by atoms with Crippen molar-refractivity contribution in [2.75, 3.05) is 7.11 Å². The maximum Gasteiger partial charge on any atom is 0.511 e. The largest absolute Gasteiger partial charge is 0.511 e. The number of hydrogen-bond acceptors (Lipinski definition) is 4. The van der Waals surface area contributed by atoms with Gasteiger partial charge in [-0.3, -0.25) is 4.79 Å². The third kappa shape index (κ3) is 4.36. The third-order valence-corrected chi connectivity index (χ3v) is 10.5. The lowest BCUT2D eigenvalue weighted by molar-refractivity contribution is -0.133. The molecule has 0 saturated heterocycles. The highest BCUT2D eigenvalue weighted by Gasteiger charge is 2.59. The third-order valence-electron chi connectivity index (χ3n) is 10.5. The monoisotopic (exact) mass is 507 g/mol. The lowest BCUT2D eigenvalue weighted by atomic mass is 9.48. The van der Waals surface area contributed by atoms with Gasteiger partial charge >= 0.3 is 6.16 Å². The Labute approximate surface area is 220 Å². The quantitative estimate of drug-likeness (QED) is 0.428. The molecular formula is C31H41NO5. The number of carbonyl (C=O) groups is 2. The van der Waals surface area contributed by atoms with Gasteiger partial charge in [-0.15, -0.1) is 0 Å². The Bertz CT molecular complexity index is 1150. The first-order valence-electron chi connectivity index (χ1n) is 13.8. The Balaban J connectivity index is 1.34. The molecule has 37 heavy (non-hydrogen) atoms. The van der Waals surface area contributed by atoms with E-state index in [1.54, 1.807) is 7.11 Å². The molecule has 0 heterocycles. The topological polar surface area (TPSA) is 84.9 Å². The highest BCUT2D eigenvalue weighted by Crippen LogP contribution is 2.66. The van der Waals surface area contributed by atoms with E-state index in [0.29, 0.717) is 29.9 Å². The van der Waals surface area contributed by atoms with Gasteiger partial charge in [0.2, 0.25) is 5.91 Å². The van der Waals surface area contributed by atoms with E-state index in [2.05, 4.69) is 39.1 Å². The smallest absolute Gasteiger partial charge is 0.497 e. The molecule has 1 aromatic rings. The van der Waals surface area contributed by atoms with E-state index in [9.17, 15) is 9.59 Å². The molecule has 0 aliphatic heterocycles. The lowest BCUT2D eigenvalue weighted by Crippen LogP contribution is -2.52. The fourth-order valence-corrected chi connectivity index (χ4v) is 8.40. The molecule has 1 unspecified atom stereocenters. The summed E-state index contributed by atoms with van der Waals surface area (Å²) in [6.45, 7) is 8.87. The van der Waals surface area contributed by atoms with Gasteiger partial charge < -0.3 is 19.9 Å². The van der Waals surface area contributed by atoms with Crippen LogP contribution in [-0.4, -0.2) is 24.3 Å². The van der Waals surface area contributed by atoms with Crippen LogP contribution in [-0.2, 0) is 15.1 Å². The molecule has 4 aliphatic carbocycles. The summed E-state index contributed by atoms with van der Waals surface area (Å²) in [5.41, 5.74) is 1.84. The first-order chi connectivity index (χ1) is 17.5. The van der Waals surface area contributed by atoms with E-state index in [1.165, 1.54) is 5.57 Å². The van der Waals surface area contributed by atoms with Gasteiger partial charge in [0.05, 0.1) is 12.6 Å². The fourth-order valence-electron chi connectivity index (χ4n) is 8.40. The number of benzene rings is 1. The number of amides is 1. The first-order valence-corrected chi connectivity index (χ1v) is 13.8. The SMILES string of the molecule is COc1cccc(C(C)(C)NC(=O)C2CC[C@H]3[C@@H]4CC=C5C=C(OC(=O)O)CC[C@]5(C)[C@H]4CC[C@]23C)c1. The summed E-state index contributed by atoms with van der Waals surface area (Å²) in [6.07, 6.45) is 9.85.